The average Bonchev–Trinajstić information content (AvgIpc) is 2.47. The summed E-state index contributed by atoms with van der Waals surface area (Å²) >= 11 is 0. The minimum atomic E-state index is -0.396. The normalized spacial score (nSPS) is 11.8. The van der Waals surface area contributed by atoms with Gasteiger partial charge in [-0.2, -0.15) is 0 Å². The van der Waals surface area contributed by atoms with Crippen molar-refractivity contribution in [2.75, 3.05) is 24.3 Å². The first-order chi connectivity index (χ1) is 9.99. The fourth-order valence-corrected chi connectivity index (χ4v) is 2.09. The van der Waals surface area contributed by atoms with Gasteiger partial charge in [-0.3, -0.25) is 15.1 Å². The Morgan fingerprint density at radius 3 is 2.48 bits per heavy atom. The van der Waals surface area contributed by atoms with E-state index < -0.39 is 4.92 Å². The van der Waals surface area contributed by atoms with Crippen LogP contribution in [0.5, 0.6) is 0 Å². The molecule has 0 amide bonds. The van der Waals surface area contributed by atoms with Crippen molar-refractivity contribution in [2.24, 2.45) is 0 Å². The average molecular weight is 286 g/mol. The van der Waals surface area contributed by atoms with Crippen LogP contribution in [0.15, 0.2) is 42.7 Å². The van der Waals surface area contributed by atoms with E-state index in [1.807, 2.05) is 32.0 Å². The van der Waals surface area contributed by atoms with Crippen molar-refractivity contribution in [1.82, 2.24) is 4.98 Å². The summed E-state index contributed by atoms with van der Waals surface area (Å²) in [7, 11) is 3.94. The van der Waals surface area contributed by atoms with Crippen LogP contribution in [-0.2, 0) is 0 Å². The van der Waals surface area contributed by atoms with Crippen molar-refractivity contribution >= 4 is 17.1 Å². The largest absolute Gasteiger partial charge is 0.376 e. The molecule has 1 aromatic carbocycles. The molecular weight excluding hydrogens is 268 g/mol. The first kappa shape index (κ1) is 14.8. The molecule has 0 bridgehead atoms. The van der Waals surface area contributed by atoms with Gasteiger partial charge in [0.1, 0.15) is 0 Å². The lowest BCUT2D eigenvalue weighted by Gasteiger charge is -2.21. The lowest BCUT2D eigenvalue weighted by Crippen LogP contribution is -2.14. The third-order valence-corrected chi connectivity index (χ3v) is 3.26. The predicted molar refractivity (Wildman–Crippen MR) is 83.7 cm³/mol. The summed E-state index contributed by atoms with van der Waals surface area (Å²) in [5.74, 6) is 0. The van der Waals surface area contributed by atoms with E-state index in [0.29, 0.717) is 0 Å². The Balaban J connectivity index is 2.18. The molecule has 0 radical (unpaired) electrons. The van der Waals surface area contributed by atoms with Crippen LogP contribution < -0.4 is 10.2 Å². The van der Waals surface area contributed by atoms with Gasteiger partial charge >= 0.3 is 0 Å². The molecule has 2 rings (SSSR count). The van der Waals surface area contributed by atoms with E-state index >= 15 is 0 Å². The van der Waals surface area contributed by atoms with E-state index in [2.05, 4.69) is 10.3 Å². The van der Waals surface area contributed by atoms with Gasteiger partial charge in [0.15, 0.2) is 0 Å². The summed E-state index contributed by atoms with van der Waals surface area (Å²) in [6, 6.07) is 8.52. The molecule has 0 saturated heterocycles. The molecule has 110 valence electrons. The Morgan fingerprint density at radius 1 is 1.24 bits per heavy atom. The van der Waals surface area contributed by atoms with E-state index in [0.717, 1.165) is 16.9 Å². The van der Waals surface area contributed by atoms with Crippen molar-refractivity contribution in [3.63, 3.8) is 0 Å². The molecule has 0 fully saturated rings. The number of nitro groups is 1. The van der Waals surface area contributed by atoms with Gasteiger partial charge in [-0.1, -0.05) is 12.1 Å². The molecule has 1 aromatic heterocycles. The van der Waals surface area contributed by atoms with Crippen LogP contribution in [0.4, 0.5) is 17.1 Å². The van der Waals surface area contributed by atoms with Gasteiger partial charge in [0.25, 0.3) is 5.69 Å². The molecule has 1 unspecified atom stereocenters. The standard InChI is InChI=1S/C15H18N4O2/c1-11(12-4-6-13(7-5-12)19(20)21)17-14-10-16-9-8-15(14)18(2)3/h4-11,17H,1-3H3. The maximum atomic E-state index is 10.7. The second-order valence-corrected chi connectivity index (χ2v) is 5.00. The third-order valence-electron chi connectivity index (χ3n) is 3.26. The summed E-state index contributed by atoms with van der Waals surface area (Å²) in [5, 5.41) is 14.1. The molecular formula is C15H18N4O2. The third kappa shape index (κ3) is 3.47. The number of non-ortho nitro benzene ring substituents is 1. The Hall–Kier alpha value is -2.63. The number of nitro benzene ring substituents is 1. The maximum Gasteiger partial charge on any atom is 0.269 e. The van der Waals surface area contributed by atoms with Gasteiger partial charge in [-0.05, 0) is 18.6 Å². The van der Waals surface area contributed by atoms with Crippen LogP contribution in [0.3, 0.4) is 0 Å². The number of hydrogen-bond acceptors (Lipinski definition) is 5. The fourth-order valence-electron chi connectivity index (χ4n) is 2.09. The Morgan fingerprint density at radius 2 is 1.90 bits per heavy atom. The zero-order valence-corrected chi connectivity index (χ0v) is 12.3. The molecule has 21 heavy (non-hydrogen) atoms. The SMILES string of the molecule is CC(Nc1cnccc1N(C)C)c1ccc([N+](=O)[O-])cc1. The topological polar surface area (TPSA) is 71.3 Å². The molecule has 0 aliphatic rings. The van der Waals surface area contributed by atoms with Crippen molar-refractivity contribution in [3.05, 3.63) is 58.4 Å². The summed E-state index contributed by atoms with van der Waals surface area (Å²) in [4.78, 5) is 16.4. The second kappa shape index (κ2) is 6.21. The molecule has 1 heterocycles. The summed E-state index contributed by atoms with van der Waals surface area (Å²) < 4.78 is 0. The number of nitrogens with zero attached hydrogens (tertiary/aromatic N) is 3. The number of anilines is 2. The number of nitrogens with one attached hydrogen (secondary N) is 1. The highest BCUT2D eigenvalue weighted by Crippen LogP contribution is 2.27. The number of hydrogen-bond donors (Lipinski definition) is 1. The molecule has 2 aromatic rings. The zero-order chi connectivity index (χ0) is 15.4. The van der Waals surface area contributed by atoms with Gasteiger partial charge in [-0.15, -0.1) is 0 Å². The summed E-state index contributed by atoms with van der Waals surface area (Å²) in [6.45, 7) is 2.01. The molecule has 6 nitrogen and oxygen atoms in total. The molecule has 0 aliphatic heterocycles. The molecule has 0 aliphatic carbocycles. The van der Waals surface area contributed by atoms with Crippen LogP contribution in [0.1, 0.15) is 18.5 Å². The van der Waals surface area contributed by atoms with Gasteiger partial charge in [-0.25, -0.2) is 0 Å². The van der Waals surface area contributed by atoms with E-state index in [-0.39, 0.29) is 11.7 Å². The van der Waals surface area contributed by atoms with Crippen molar-refractivity contribution in [2.45, 2.75) is 13.0 Å². The first-order valence-corrected chi connectivity index (χ1v) is 6.61. The maximum absolute atomic E-state index is 10.7. The molecule has 1 N–H and O–H groups in total. The molecule has 0 saturated carbocycles. The van der Waals surface area contributed by atoms with E-state index in [1.165, 1.54) is 12.1 Å². The van der Waals surface area contributed by atoms with E-state index in [9.17, 15) is 10.1 Å². The monoisotopic (exact) mass is 286 g/mol. The summed E-state index contributed by atoms with van der Waals surface area (Å²) in [6.07, 6.45) is 3.52. The van der Waals surface area contributed by atoms with E-state index in [1.54, 1.807) is 24.5 Å². The van der Waals surface area contributed by atoms with Crippen molar-refractivity contribution in [1.29, 1.82) is 0 Å². The highest BCUT2D eigenvalue weighted by molar-refractivity contribution is 5.68. The van der Waals surface area contributed by atoms with Crippen LogP contribution in [0.2, 0.25) is 0 Å². The minimum Gasteiger partial charge on any atom is -0.376 e. The van der Waals surface area contributed by atoms with Crippen LogP contribution in [0.25, 0.3) is 0 Å². The zero-order valence-electron chi connectivity index (χ0n) is 12.3. The quantitative estimate of drug-likeness (QED) is 0.675. The van der Waals surface area contributed by atoms with Gasteiger partial charge < -0.3 is 10.2 Å². The van der Waals surface area contributed by atoms with Gasteiger partial charge in [0, 0.05) is 38.5 Å². The summed E-state index contributed by atoms with van der Waals surface area (Å²) in [5.41, 5.74) is 3.04. The highest BCUT2D eigenvalue weighted by atomic mass is 16.6. The smallest absolute Gasteiger partial charge is 0.269 e. The Bertz CT molecular complexity index is 626. The molecule has 0 spiro atoms. The fraction of sp³-hybridized carbons (Fsp3) is 0.267. The number of aromatic nitrogens is 1. The van der Waals surface area contributed by atoms with Crippen LogP contribution in [0, 0.1) is 10.1 Å². The Kier molecular flexibility index (Phi) is 4.37. The number of rotatable bonds is 5. The minimum absolute atomic E-state index is 0.0219. The number of benzene rings is 1. The van der Waals surface area contributed by atoms with Crippen molar-refractivity contribution < 1.29 is 4.92 Å². The molecule has 6 heteroatoms. The predicted octanol–water partition coefficient (Wildman–Crippen LogP) is 3.23. The van der Waals surface area contributed by atoms with E-state index in [4.69, 9.17) is 0 Å². The Labute approximate surface area is 123 Å². The van der Waals surface area contributed by atoms with Crippen LogP contribution >= 0.6 is 0 Å². The number of pyridine rings is 1. The van der Waals surface area contributed by atoms with Crippen LogP contribution in [-0.4, -0.2) is 24.0 Å². The van der Waals surface area contributed by atoms with Gasteiger partial charge in [0.2, 0.25) is 0 Å². The van der Waals surface area contributed by atoms with Gasteiger partial charge in [0.05, 0.1) is 22.5 Å². The lowest BCUT2D eigenvalue weighted by atomic mass is 10.1. The lowest BCUT2D eigenvalue weighted by molar-refractivity contribution is -0.384. The van der Waals surface area contributed by atoms with Crippen molar-refractivity contribution in [3.8, 4) is 0 Å². The first-order valence-electron chi connectivity index (χ1n) is 6.61. The second-order valence-electron chi connectivity index (χ2n) is 5.00. The molecule has 1 atom stereocenters. The highest BCUT2D eigenvalue weighted by Gasteiger charge is 2.11.